The van der Waals surface area contributed by atoms with Gasteiger partial charge in [0.05, 0.1) is 29.8 Å². The van der Waals surface area contributed by atoms with Crippen LogP contribution in [0.4, 0.5) is 4.39 Å². The molecule has 3 aliphatic rings. The number of benzene rings is 1. The maximum Gasteiger partial charge on any atom is 0.123 e. The predicted molar refractivity (Wildman–Crippen MR) is 118 cm³/mol. The molecular weight excluding hydrogens is 375 g/mol. The van der Waals surface area contributed by atoms with Crippen LogP contribution in [0.1, 0.15) is 77.0 Å². The van der Waals surface area contributed by atoms with Crippen molar-refractivity contribution in [1.82, 2.24) is 9.78 Å². The summed E-state index contributed by atoms with van der Waals surface area (Å²) >= 11 is 0. The smallest absolute Gasteiger partial charge is 0.123 e. The molecule has 4 heteroatoms. The van der Waals surface area contributed by atoms with Crippen LogP contribution in [-0.2, 0) is 11.2 Å². The van der Waals surface area contributed by atoms with E-state index in [9.17, 15) is 4.39 Å². The first-order chi connectivity index (χ1) is 14.4. The van der Waals surface area contributed by atoms with Gasteiger partial charge in [-0.05, 0) is 79.8 Å². The average molecular weight is 409 g/mol. The van der Waals surface area contributed by atoms with Gasteiger partial charge in [0, 0.05) is 5.41 Å². The van der Waals surface area contributed by atoms with Crippen LogP contribution < -0.4 is 0 Å². The minimum absolute atomic E-state index is 0.0416. The van der Waals surface area contributed by atoms with Crippen molar-refractivity contribution in [1.29, 1.82) is 0 Å². The van der Waals surface area contributed by atoms with Crippen LogP contribution in [0.15, 0.2) is 36.0 Å². The van der Waals surface area contributed by atoms with Crippen LogP contribution in [0.25, 0.3) is 11.8 Å². The third-order valence-corrected chi connectivity index (χ3v) is 8.20. The van der Waals surface area contributed by atoms with Crippen molar-refractivity contribution in [3.8, 4) is 5.69 Å². The van der Waals surface area contributed by atoms with Gasteiger partial charge in [0.25, 0.3) is 0 Å². The Bertz CT molecular complexity index is 969. The Balaban J connectivity index is 1.50. The van der Waals surface area contributed by atoms with Crippen molar-refractivity contribution in [2.45, 2.75) is 77.7 Å². The molecule has 0 radical (unpaired) electrons. The quantitative estimate of drug-likeness (QED) is 0.565. The summed E-state index contributed by atoms with van der Waals surface area (Å²) in [6.45, 7) is 7.96. The third-order valence-electron chi connectivity index (χ3n) is 8.20. The number of aromatic nitrogens is 2. The molecule has 1 aromatic carbocycles. The van der Waals surface area contributed by atoms with E-state index in [0.29, 0.717) is 5.41 Å². The average Bonchev–Trinajstić information content (AvgIpc) is 3.37. The van der Waals surface area contributed by atoms with Gasteiger partial charge >= 0.3 is 0 Å². The molecule has 0 N–H and O–H groups in total. The van der Waals surface area contributed by atoms with Gasteiger partial charge in [0.15, 0.2) is 0 Å². The molecular formula is C26H33FN2O. The molecule has 1 saturated heterocycles. The van der Waals surface area contributed by atoms with Gasteiger partial charge in [-0.1, -0.05) is 39.2 Å². The predicted octanol–water partition coefficient (Wildman–Crippen LogP) is 6.50. The van der Waals surface area contributed by atoms with E-state index in [1.165, 1.54) is 55.4 Å². The first kappa shape index (κ1) is 20.0. The Kier molecular flexibility index (Phi) is 4.70. The van der Waals surface area contributed by atoms with Crippen LogP contribution in [0.3, 0.4) is 0 Å². The maximum atomic E-state index is 13.4. The molecule has 2 heterocycles. The van der Waals surface area contributed by atoms with Gasteiger partial charge in [-0.3, -0.25) is 0 Å². The Morgan fingerprint density at radius 2 is 1.87 bits per heavy atom. The zero-order chi connectivity index (χ0) is 21.0. The van der Waals surface area contributed by atoms with Crippen LogP contribution in [-0.4, -0.2) is 22.0 Å². The van der Waals surface area contributed by atoms with Gasteiger partial charge < -0.3 is 4.74 Å². The van der Waals surface area contributed by atoms with E-state index in [-0.39, 0.29) is 16.8 Å². The fourth-order valence-electron chi connectivity index (χ4n) is 6.72. The molecule has 2 atom stereocenters. The molecule has 5 rings (SSSR count). The van der Waals surface area contributed by atoms with E-state index in [1.54, 1.807) is 12.1 Å². The number of fused-ring (bicyclic) bond motifs is 3. The highest BCUT2D eigenvalue weighted by atomic mass is 19.1. The van der Waals surface area contributed by atoms with Crippen LogP contribution in [0.5, 0.6) is 0 Å². The topological polar surface area (TPSA) is 27.1 Å². The Hall–Kier alpha value is -1.94. The minimum atomic E-state index is -0.218. The van der Waals surface area contributed by atoms with Crippen LogP contribution in [0.2, 0.25) is 0 Å². The molecule has 2 aromatic rings. The fourth-order valence-corrected chi connectivity index (χ4v) is 6.72. The normalized spacial score (nSPS) is 29.1. The van der Waals surface area contributed by atoms with E-state index in [2.05, 4.69) is 31.9 Å². The summed E-state index contributed by atoms with van der Waals surface area (Å²) < 4.78 is 22.1. The lowest BCUT2D eigenvalue weighted by molar-refractivity contribution is -0.0622. The fraction of sp³-hybridized carbons (Fsp3) is 0.577. The lowest BCUT2D eigenvalue weighted by Gasteiger charge is -2.44. The number of rotatable bonds is 5. The van der Waals surface area contributed by atoms with E-state index in [4.69, 9.17) is 4.74 Å². The van der Waals surface area contributed by atoms with E-state index in [0.717, 1.165) is 37.3 Å². The lowest BCUT2D eigenvalue weighted by atomic mass is 9.62. The molecule has 0 bridgehead atoms. The van der Waals surface area contributed by atoms with Crippen molar-refractivity contribution < 1.29 is 9.13 Å². The summed E-state index contributed by atoms with van der Waals surface area (Å²) in [5, 5.41) is 4.67. The maximum absolute atomic E-state index is 13.4. The van der Waals surface area contributed by atoms with Crippen molar-refractivity contribution in [2.24, 2.45) is 10.8 Å². The van der Waals surface area contributed by atoms with Gasteiger partial charge in [-0.15, -0.1) is 0 Å². The molecule has 160 valence electrons. The van der Waals surface area contributed by atoms with E-state index < -0.39 is 0 Å². The van der Waals surface area contributed by atoms with E-state index >= 15 is 0 Å². The Morgan fingerprint density at radius 3 is 2.57 bits per heavy atom. The standard InChI is InChI=1S/C26H33FN2O/c1-4-11-25(12-5-2)17-26(30-18-25)13-10-20-14-23-19(15-24(20,26)3)16-28-29(23)22-8-6-21(27)7-9-22/h6-9,14,16H,4-5,10-13,15,17-18H2,1-3H3/t24-,26+/m0/s1. The second-order valence-corrected chi connectivity index (χ2v) is 10.1. The second-order valence-electron chi connectivity index (χ2n) is 10.1. The minimum Gasteiger partial charge on any atom is -0.373 e. The summed E-state index contributed by atoms with van der Waals surface area (Å²) in [4.78, 5) is 0. The monoisotopic (exact) mass is 408 g/mol. The number of hydrogen-bond acceptors (Lipinski definition) is 2. The number of ether oxygens (including phenoxy) is 1. The van der Waals surface area contributed by atoms with Crippen molar-refractivity contribution in [2.75, 3.05) is 6.61 Å². The van der Waals surface area contributed by atoms with Gasteiger partial charge in [0.1, 0.15) is 5.82 Å². The summed E-state index contributed by atoms with van der Waals surface area (Å²) in [6.07, 6.45) is 13.7. The SMILES string of the molecule is CCCC1(CCC)CO[C@]2(CCC3=Cc4c(cnn4-c4ccc(F)cc4)C[C@@]32C)C1. The highest BCUT2D eigenvalue weighted by molar-refractivity contribution is 5.63. The number of hydrogen-bond donors (Lipinski definition) is 0. The molecule has 0 amide bonds. The van der Waals surface area contributed by atoms with Gasteiger partial charge in [0.2, 0.25) is 0 Å². The molecule has 30 heavy (non-hydrogen) atoms. The highest BCUT2D eigenvalue weighted by Crippen LogP contribution is 2.64. The molecule has 3 nitrogen and oxygen atoms in total. The Morgan fingerprint density at radius 1 is 1.13 bits per heavy atom. The largest absolute Gasteiger partial charge is 0.373 e. The summed E-state index contributed by atoms with van der Waals surface area (Å²) in [5.41, 5.74) is 5.19. The molecule has 2 fully saturated rings. The zero-order valence-corrected chi connectivity index (χ0v) is 18.5. The molecule has 1 spiro atoms. The first-order valence-electron chi connectivity index (χ1n) is 11.6. The molecule has 1 aliphatic heterocycles. The van der Waals surface area contributed by atoms with Crippen molar-refractivity contribution in [3.05, 3.63) is 53.1 Å². The van der Waals surface area contributed by atoms with Crippen molar-refractivity contribution >= 4 is 6.08 Å². The number of halogens is 1. The second kappa shape index (κ2) is 7.05. The van der Waals surface area contributed by atoms with Gasteiger partial charge in [-0.2, -0.15) is 5.10 Å². The third kappa shape index (κ3) is 2.83. The molecule has 0 unspecified atom stereocenters. The molecule has 1 saturated carbocycles. The van der Waals surface area contributed by atoms with Crippen molar-refractivity contribution in [3.63, 3.8) is 0 Å². The summed E-state index contributed by atoms with van der Waals surface area (Å²) in [6, 6.07) is 6.60. The Labute approximate surface area is 179 Å². The lowest BCUT2D eigenvalue weighted by Crippen LogP contribution is -2.45. The zero-order valence-electron chi connectivity index (χ0n) is 18.5. The summed E-state index contributed by atoms with van der Waals surface area (Å²) in [7, 11) is 0. The molecule has 2 aliphatic carbocycles. The van der Waals surface area contributed by atoms with Gasteiger partial charge in [-0.25, -0.2) is 9.07 Å². The van der Waals surface area contributed by atoms with Crippen LogP contribution in [0, 0.1) is 16.6 Å². The first-order valence-corrected chi connectivity index (χ1v) is 11.6. The highest BCUT2D eigenvalue weighted by Gasteiger charge is 2.62. The number of nitrogens with zero attached hydrogens (tertiary/aromatic N) is 2. The van der Waals surface area contributed by atoms with Crippen LogP contribution >= 0.6 is 0 Å². The van der Waals surface area contributed by atoms with E-state index in [1.807, 2.05) is 10.9 Å². The molecule has 1 aromatic heterocycles. The summed E-state index contributed by atoms with van der Waals surface area (Å²) in [5.74, 6) is -0.218.